The van der Waals surface area contributed by atoms with Crippen LogP contribution in [0.25, 0.3) is 10.8 Å². The van der Waals surface area contributed by atoms with Crippen LogP contribution in [0.2, 0.25) is 0 Å². The minimum Gasteiger partial charge on any atom is -0.496 e. The topological polar surface area (TPSA) is 86.8 Å². The fraction of sp³-hybridized carbons (Fsp3) is 0.258. The fourth-order valence-corrected chi connectivity index (χ4v) is 5.43. The summed E-state index contributed by atoms with van der Waals surface area (Å²) in [5, 5.41) is 12.7. The van der Waals surface area contributed by atoms with E-state index in [2.05, 4.69) is 6.07 Å². The largest absolute Gasteiger partial charge is 0.496 e. The quantitative estimate of drug-likeness (QED) is 0.363. The molecule has 7 nitrogen and oxygen atoms in total. The summed E-state index contributed by atoms with van der Waals surface area (Å²) in [5.41, 5.74) is 0.221. The van der Waals surface area contributed by atoms with E-state index in [1.54, 1.807) is 36.0 Å². The zero-order chi connectivity index (χ0) is 26.7. The van der Waals surface area contributed by atoms with Crippen LogP contribution in [0.1, 0.15) is 34.5 Å². The van der Waals surface area contributed by atoms with Crippen molar-refractivity contribution in [1.82, 2.24) is 9.80 Å². The van der Waals surface area contributed by atoms with Crippen LogP contribution in [-0.2, 0) is 4.79 Å². The smallest absolute Gasteiger partial charge is 0.289 e. The summed E-state index contributed by atoms with van der Waals surface area (Å²) in [5.74, 6) is -0.167. The highest BCUT2D eigenvalue weighted by Gasteiger charge is 2.48. The molecular weight excluding hydrogens is 478 g/mol. The van der Waals surface area contributed by atoms with Gasteiger partial charge in [-0.3, -0.25) is 9.59 Å². The third kappa shape index (κ3) is 4.39. The number of nitriles is 1. The van der Waals surface area contributed by atoms with Crippen molar-refractivity contribution >= 4 is 22.6 Å². The van der Waals surface area contributed by atoms with Crippen LogP contribution in [0, 0.1) is 16.7 Å². The normalized spacial score (nSPS) is 15.9. The molecule has 0 radical (unpaired) electrons. The van der Waals surface area contributed by atoms with E-state index in [-0.39, 0.29) is 17.6 Å². The number of hydrogen-bond donors (Lipinski definition) is 0. The Morgan fingerprint density at radius 3 is 2.26 bits per heavy atom. The van der Waals surface area contributed by atoms with E-state index in [1.165, 1.54) is 6.26 Å². The number of benzene rings is 3. The highest BCUT2D eigenvalue weighted by molar-refractivity contribution is 5.93. The minimum atomic E-state index is -1.44. The third-order valence-corrected chi connectivity index (χ3v) is 7.42. The zero-order valence-corrected chi connectivity index (χ0v) is 21.5. The fourth-order valence-electron chi connectivity index (χ4n) is 5.43. The first-order valence-electron chi connectivity index (χ1n) is 12.6. The van der Waals surface area contributed by atoms with Crippen LogP contribution in [0.4, 0.5) is 0 Å². The summed E-state index contributed by atoms with van der Waals surface area (Å²) in [6.45, 7) is 3.10. The van der Waals surface area contributed by atoms with Gasteiger partial charge in [0.15, 0.2) is 5.76 Å². The lowest BCUT2D eigenvalue weighted by atomic mass is 9.68. The number of ether oxygens (including phenoxy) is 1. The lowest BCUT2D eigenvalue weighted by molar-refractivity contribution is -0.140. The Balaban J connectivity index is 1.53. The Bertz CT molecular complexity index is 1490. The number of fused-ring (bicyclic) bond motifs is 1. The maximum absolute atomic E-state index is 14.2. The summed E-state index contributed by atoms with van der Waals surface area (Å²) >= 11 is 0. The van der Waals surface area contributed by atoms with Crippen LogP contribution >= 0.6 is 0 Å². The SMILES string of the molecule is COc1ccccc1[C@H](c1cccc2ccccc12)[C@@](C)(C#N)C(=O)N1CCN(C(=O)c2ccco2)CC1. The Hall–Kier alpha value is -4.57. The third-order valence-electron chi connectivity index (χ3n) is 7.42. The number of nitrogens with zero attached hydrogens (tertiary/aromatic N) is 3. The predicted octanol–water partition coefficient (Wildman–Crippen LogP) is 5.09. The lowest BCUT2D eigenvalue weighted by Crippen LogP contribution is -2.54. The molecule has 1 aromatic heterocycles. The number of furan rings is 1. The number of para-hydroxylation sites is 1. The molecule has 0 bridgehead atoms. The van der Waals surface area contributed by atoms with Crippen molar-refractivity contribution in [3.63, 3.8) is 0 Å². The molecule has 3 aromatic carbocycles. The summed E-state index contributed by atoms with van der Waals surface area (Å²) < 4.78 is 11.0. The molecule has 2 atom stereocenters. The molecule has 0 saturated carbocycles. The van der Waals surface area contributed by atoms with Gasteiger partial charge in [-0.1, -0.05) is 60.7 Å². The number of hydrogen-bond acceptors (Lipinski definition) is 5. The summed E-state index contributed by atoms with van der Waals surface area (Å²) in [6, 6.07) is 27.2. The maximum Gasteiger partial charge on any atom is 0.289 e. The van der Waals surface area contributed by atoms with Crippen LogP contribution in [0.15, 0.2) is 89.5 Å². The molecule has 0 spiro atoms. The number of carbonyl (C=O) groups is 2. The molecular formula is C31H29N3O4. The predicted molar refractivity (Wildman–Crippen MR) is 144 cm³/mol. The average molecular weight is 508 g/mol. The lowest BCUT2D eigenvalue weighted by Gasteiger charge is -2.40. The molecule has 1 saturated heterocycles. The van der Waals surface area contributed by atoms with Gasteiger partial charge < -0.3 is 19.0 Å². The van der Waals surface area contributed by atoms with E-state index >= 15 is 0 Å². The molecule has 7 heteroatoms. The van der Waals surface area contributed by atoms with Crippen molar-refractivity contribution in [3.8, 4) is 11.8 Å². The van der Waals surface area contributed by atoms with E-state index in [0.717, 1.165) is 21.9 Å². The number of piperazine rings is 1. The van der Waals surface area contributed by atoms with Crippen LogP contribution in [0.5, 0.6) is 5.75 Å². The Kier molecular flexibility index (Phi) is 6.89. The average Bonchev–Trinajstić information content (AvgIpc) is 3.52. The second kappa shape index (κ2) is 10.4. The Morgan fingerprint density at radius 2 is 1.55 bits per heavy atom. The first-order valence-corrected chi connectivity index (χ1v) is 12.6. The zero-order valence-electron chi connectivity index (χ0n) is 21.5. The van der Waals surface area contributed by atoms with Crippen molar-refractivity contribution < 1.29 is 18.7 Å². The summed E-state index contributed by atoms with van der Waals surface area (Å²) in [4.78, 5) is 30.3. The summed E-state index contributed by atoms with van der Waals surface area (Å²) in [7, 11) is 1.60. The molecule has 1 aliphatic heterocycles. The van der Waals surface area contributed by atoms with Crippen molar-refractivity contribution in [2.75, 3.05) is 33.3 Å². The molecule has 0 N–H and O–H groups in total. The van der Waals surface area contributed by atoms with Gasteiger partial charge in [0.1, 0.15) is 11.2 Å². The molecule has 2 amide bonds. The van der Waals surface area contributed by atoms with E-state index in [0.29, 0.717) is 31.9 Å². The van der Waals surface area contributed by atoms with Gasteiger partial charge in [0.05, 0.1) is 19.4 Å². The van der Waals surface area contributed by atoms with Crippen molar-refractivity contribution in [3.05, 3.63) is 102 Å². The van der Waals surface area contributed by atoms with Gasteiger partial charge in [-0.05, 0) is 41.5 Å². The van der Waals surface area contributed by atoms with E-state index in [1.807, 2.05) is 66.7 Å². The van der Waals surface area contributed by atoms with E-state index in [9.17, 15) is 14.9 Å². The van der Waals surface area contributed by atoms with Gasteiger partial charge in [-0.15, -0.1) is 0 Å². The molecule has 4 aromatic rings. The van der Waals surface area contributed by atoms with Crippen LogP contribution in [0.3, 0.4) is 0 Å². The van der Waals surface area contributed by atoms with Gasteiger partial charge in [0.25, 0.3) is 5.91 Å². The molecule has 1 aliphatic rings. The number of carbonyl (C=O) groups excluding carboxylic acids is 2. The van der Waals surface area contributed by atoms with Crippen molar-refractivity contribution in [2.24, 2.45) is 5.41 Å². The molecule has 0 unspecified atom stereocenters. The second-order valence-electron chi connectivity index (χ2n) is 9.62. The van der Waals surface area contributed by atoms with Crippen LogP contribution < -0.4 is 4.74 Å². The monoisotopic (exact) mass is 507 g/mol. The number of amides is 2. The van der Waals surface area contributed by atoms with Gasteiger partial charge in [0.2, 0.25) is 5.91 Å². The van der Waals surface area contributed by atoms with Gasteiger partial charge in [-0.25, -0.2) is 0 Å². The number of rotatable bonds is 6. The second-order valence-corrected chi connectivity index (χ2v) is 9.62. The molecule has 2 heterocycles. The van der Waals surface area contributed by atoms with E-state index < -0.39 is 11.3 Å². The van der Waals surface area contributed by atoms with Crippen LogP contribution in [-0.4, -0.2) is 54.9 Å². The van der Waals surface area contributed by atoms with Gasteiger partial charge in [0, 0.05) is 37.7 Å². The Morgan fingerprint density at radius 1 is 0.895 bits per heavy atom. The highest BCUT2D eigenvalue weighted by Crippen LogP contribution is 2.47. The number of methoxy groups -OCH3 is 1. The molecule has 1 fully saturated rings. The molecule has 192 valence electrons. The summed E-state index contributed by atoms with van der Waals surface area (Å²) in [6.07, 6.45) is 1.47. The van der Waals surface area contributed by atoms with Gasteiger partial charge in [-0.2, -0.15) is 5.26 Å². The van der Waals surface area contributed by atoms with E-state index in [4.69, 9.17) is 9.15 Å². The molecule has 5 rings (SSSR count). The highest BCUT2D eigenvalue weighted by atomic mass is 16.5. The first kappa shape index (κ1) is 25.1. The Labute approximate surface area is 221 Å². The standard InChI is InChI=1S/C31H29N3O4/c1-31(21-32,30(36)34-18-16-33(17-19-34)29(35)27-15-8-20-38-27)28(25-12-5-6-14-26(25)37-2)24-13-7-10-22-9-3-4-11-23(22)24/h3-15,20,28H,16-19H2,1-2H3/t28-,31+/m0/s1. The van der Waals surface area contributed by atoms with Crippen molar-refractivity contribution in [2.45, 2.75) is 12.8 Å². The molecule has 38 heavy (non-hydrogen) atoms. The first-order chi connectivity index (χ1) is 18.5. The maximum atomic E-state index is 14.2. The molecule has 0 aliphatic carbocycles. The van der Waals surface area contributed by atoms with Gasteiger partial charge >= 0.3 is 0 Å². The minimum absolute atomic E-state index is 0.201. The van der Waals surface area contributed by atoms with Crippen molar-refractivity contribution in [1.29, 1.82) is 5.26 Å².